The third-order valence-corrected chi connectivity index (χ3v) is 2.80. The van der Waals surface area contributed by atoms with Gasteiger partial charge < -0.3 is 10.1 Å². The number of aromatic nitrogens is 3. The molecule has 2 rings (SSSR count). The quantitative estimate of drug-likeness (QED) is 0.781. The molecule has 96 valence electrons. The normalized spacial score (nSPS) is 10.8. The Morgan fingerprint density at radius 2 is 2.28 bits per heavy atom. The molecule has 1 N–H and O–H groups in total. The van der Waals surface area contributed by atoms with E-state index < -0.39 is 0 Å². The fourth-order valence-corrected chi connectivity index (χ4v) is 1.75. The first-order valence-corrected chi connectivity index (χ1v) is 5.96. The maximum absolute atomic E-state index is 4.99. The Kier molecular flexibility index (Phi) is 4.44. The molecule has 0 aliphatic rings. The van der Waals surface area contributed by atoms with E-state index in [0.29, 0.717) is 0 Å². The Hall–Kier alpha value is -1.72. The third-order valence-electron chi connectivity index (χ3n) is 2.80. The van der Waals surface area contributed by atoms with E-state index in [1.54, 1.807) is 13.3 Å². The molecule has 5 heteroatoms. The molecule has 18 heavy (non-hydrogen) atoms. The van der Waals surface area contributed by atoms with Gasteiger partial charge in [0, 0.05) is 37.7 Å². The van der Waals surface area contributed by atoms with Gasteiger partial charge in [0.2, 0.25) is 0 Å². The van der Waals surface area contributed by atoms with Crippen molar-refractivity contribution in [3.05, 3.63) is 42.0 Å². The van der Waals surface area contributed by atoms with Crippen molar-refractivity contribution in [1.29, 1.82) is 0 Å². The largest absolute Gasteiger partial charge is 0.383 e. The molecule has 0 amide bonds. The van der Waals surface area contributed by atoms with E-state index in [2.05, 4.69) is 22.3 Å². The molecule has 0 aromatic carbocycles. The number of nitrogens with zero attached hydrogens (tertiary/aromatic N) is 3. The molecule has 0 saturated carbocycles. The average molecular weight is 246 g/mol. The van der Waals surface area contributed by atoms with Crippen molar-refractivity contribution in [3.8, 4) is 5.69 Å². The molecule has 0 aliphatic heterocycles. The first-order chi connectivity index (χ1) is 8.83. The predicted octanol–water partition coefficient (Wildman–Crippen LogP) is 1.31. The maximum atomic E-state index is 4.99. The minimum atomic E-state index is 0.718. The second-order valence-electron chi connectivity index (χ2n) is 4.05. The second-order valence-corrected chi connectivity index (χ2v) is 4.05. The Bertz CT molecular complexity index is 481. The summed E-state index contributed by atoms with van der Waals surface area (Å²) in [6.07, 6.45) is 5.46. The standard InChI is InChI=1S/C13H18N4O/c1-11-12(8-15-6-7-18-2)9-16-17(11)13-4-3-5-14-10-13/h3-5,9-10,15H,6-8H2,1-2H3. The Balaban J connectivity index is 2.05. The number of pyridine rings is 1. The number of hydrogen-bond acceptors (Lipinski definition) is 4. The van der Waals surface area contributed by atoms with Crippen molar-refractivity contribution in [2.75, 3.05) is 20.3 Å². The van der Waals surface area contributed by atoms with Crippen molar-refractivity contribution in [2.45, 2.75) is 13.5 Å². The molecule has 0 radical (unpaired) electrons. The molecule has 5 nitrogen and oxygen atoms in total. The van der Waals surface area contributed by atoms with Crippen molar-refractivity contribution < 1.29 is 4.74 Å². The highest BCUT2D eigenvalue weighted by Crippen LogP contribution is 2.12. The van der Waals surface area contributed by atoms with Crippen LogP contribution in [-0.2, 0) is 11.3 Å². The highest BCUT2D eigenvalue weighted by molar-refractivity contribution is 5.31. The smallest absolute Gasteiger partial charge is 0.0831 e. The summed E-state index contributed by atoms with van der Waals surface area (Å²) in [5.74, 6) is 0. The molecular weight excluding hydrogens is 228 g/mol. The van der Waals surface area contributed by atoms with Crippen LogP contribution in [0, 0.1) is 6.92 Å². The molecule has 0 aliphatic carbocycles. The zero-order valence-electron chi connectivity index (χ0n) is 10.8. The van der Waals surface area contributed by atoms with Crippen molar-refractivity contribution in [1.82, 2.24) is 20.1 Å². The number of methoxy groups -OCH3 is 1. The van der Waals surface area contributed by atoms with Gasteiger partial charge in [0.15, 0.2) is 0 Å². The average Bonchev–Trinajstić information content (AvgIpc) is 2.77. The summed E-state index contributed by atoms with van der Waals surface area (Å²) in [6, 6.07) is 3.90. The van der Waals surface area contributed by atoms with E-state index in [1.165, 1.54) is 5.56 Å². The summed E-state index contributed by atoms with van der Waals surface area (Å²) in [5.41, 5.74) is 3.31. The highest BCUT2D eigenvalue weighted by Gasteiger charge is 2.07. The van der Waals surface area contributed by atoms with Crippen LogP contribution in [0.15, 0.2) is 30.7 Å². The Morgan fingerprint density at radius 1 is 1.39 bits per heavy atom. The van der Waals surface area contributed by atoms with Crippen LogP contribution in [0.25, 0.3) is 5.69 Å². The molecule has 0 spiro atoms. The van der Waals surface area contributed by atoms with Crippen LogP contribution >= 0.6 is 0 Å². The van der Waals surface area contributed by atoms with E-state index in [9.17, 15) is 0 Å². The molecule has 0 unspecified atom stereocenters. The Morgan fingerprint density at radius 3 is 3.00 bits per heavy atom. The molecule has 2 heterocycles. The van der Waals surface area contributed by atoms with Crippen molar-refractivity contribution in [2.24, 2.45) is 0 Å². The van der Waals surface area contributed by atoms with Crippen LogP contribution < -0.4 is 5.32 Å². The van der Waals surface area contributed by atoms with Gasteiger partial charge in [0.25, 0.3) is 0 Å². The van der Waals surface area contributed by atoms with Gasteiger partial charge in [-0.05, 0) is 19.1 Å². The maximum Gasteiger partial charge on any atom is 0.0831 e. The lowest BCUT2D eigenvalue weighted by Crippen LogP contribution is -2.18. The lowest BCUT2D eigenvalue weighted by molar-refractivity contribution is 0.199. The fourth-order valence-electron chi connectivity index (χ4n) is 1.75. The van der Waals surface area contributed by atoms with E-state index in [4.69, 9.17) is 4.74 Å². The number of hydrogen-bond donors (Lipinski definition) is 1. The second kappa shape index (κ2) is 6.28. The van der Waals surface area contributed by atoms with Crippen LogP contribution in [0.3, 0.4) is 0 Å². The molecular formula is C13H18N4O. The zero-order valence-corrected chi connectivity index (χ0v) is 10.8. The van der Waals surface area contributed by atoms with Gasteiger partial charge in [-0.25, -0.2) is 4.68 Å². The minimum Gasteiger partial charge on any atom is -0.383 e. The third kappa shape index (κ3) is 2.94. The first kappa shape index (κ1) is 12.7. The van der Waals surface area contributed by atoms with E-state index >= 15 is 0 Å². The Labute approximate surface area is 107 Å². The predicted molar refractivity (Wildman–Crippen MR) is 69.7 cm³/mol. The topological polar surface area (TPSA) is 52.0 Å². The summed E-state index contributed by atoms with van der Waals surface area (Å²) < 4.78 is 6.90. The molecule has 2 aromatic heterocycles. The lowest BCUT2D eigenvalue weighted by Gasteiger charge is -2.06. The van der Waals surface area contributed by atoms with Crippen molar-refractivity contribution in [3.63, 3.8) is 0 Å². The van der Waals surface area contributed by atoms with Crippen LogP contribution in [0.4, 0.5) is 0 Å². The highest BCUT2D eigenvalue weighted by atomic mass is 16.5. The summed E-state index contributed by atoms with van der Waals surface area (Å²) >= 11 is 0. The minimum absolute atomic E-state index is 0.718. The van der Waals surface area contributed by atoms with Gasteiger partial charge in [-0.3, -0.25) is 4.98 Å². The van der Waals surface area contributed by atoms with Crippen LogP contribution in [0.1, 0.15) is 11.3 Å². The van der Waals surface area contributed by atoms with Crippen LogP contribution in [0.5, 0.6) is 0 Å². The summed E-state index contributed by atoms with van der Waals surface area (Å²) in [6.45, 7) is 4.42. The van der Waals surface area contributed by atoms with E-state index in [-0.39, 0.29) is 0 Å². The molecule has 0 atom stereocenters. The lowest BCUT2D eigenvalue weighted by atomic mass is 10.2. The van der Waals surface area contributed by atoms with Crippen LogP contribution in [0.2, 0.25) is 0 Å². The van der Waals surface area contributed by atoms with Crippen molar-refractivity contribution >= 4 is 0 Å². The van der Waals surface area contributed by atoms with Crippen LogP contribution in [-0.4, -0.2) is 35.0 Å². The SMILES string of the molecule is COCCNCc1cnn(-c2cccnc2)c1C. The van der Waals surface area contributed by atoms with E-state index in [0.717, 1.165) is 31.1 Å². The summed E-state index contributed by atoms with van der Waals surface area (Å²) in [4.78, 5) is 4.10. The first-order valence-electron chi connectivity index (χ1n) is 5.96. The van der Waals surface area contributed by atoms with Gasteiger partial charge in [-0.15, -0.1) is 0 Å². The number of rotatable bonds is 6. The number of nitrogens with one attached hydrogen (secondary N) is 1. The van der Waals surface area contributed by atoms with Gasteiger partial charge in [-0.2, -0.15) is 5.10 Å². The summed E-state index contributed by atoms with van der Waals surface area (Å²) in [5, 5.41) is 7.70. The van der Waals surface area contributed by atoms with Gasteiger partial charge in [0.05, 0.1) is 24.7 Å². The molecule has 0 fully saturated rings. The monoisotopic (exact) mass is 246 g/mol. The van der Waals surface area contributed by atoms with Gasteiger partial charge in [0.1, 0.15) is 0 Å². The molecule has 0 saturated heterocycles. The summed E-state index contributed by atoms with van der Waals surface area (Å²) in [7, 11) is 1.70. The number of ether oxygens (including phenoxy) is 1. The fraction of sp³-hybridized carbons (Fsp3) is 0.385. The van der Waals surface area contributed by atoms with E-state index in [1.807, 2.05) is 29.2 Å². The van der Waals surface area contributed by atoms with Gasteiger partial charge >= 0.3 is 0 Å². The van der Waals surface area contributed by atoms with Gasteiger partial charge in [-0.1, -0.05) is 0 Å². The zero-order chi connectivity index (χ0) is 12.8. The molecule has 2 aromatic rings. The molecule has 0 bridgehead atoms.